The summed E-state index contributed by atoms with van der Waals surface area (Å²) in [5.41, 5.74) is 2.41. The largest absolute Gasteiger partial charge is 0.379 e. The van der Waals surface area contributed by atoms with Crippen molar-refractivity contribution in [3.63, 3.8) is 0 Å². The Balaban J connectivity index is 2.00. The van der Waals surface area contributed by atoms with Gasteiger partial charge in [0.05, 0.1) is 35.2 Å². The standard InChI is InChI=1S/C16H22N4O3S2/c1-10-15(9-23-3)24-16(17-10)13-8-12(18-11(2)19-13)14-6-5-7-20(14)25(4,21)22/h8,14H,5-7,9H2,1-4H3/t14-/m1/s1. The zero-order valence-corrected chi connectivity index (χ0v) is 16.4. The van der Waals surface area contributed by atoms with Crippen LogP contribution < -0.4 is 0 Å². The topological polar surface area (TPSA) is 85.3 Å². The summed E-state index contributed by atoms with van der Waals surface area (Å²) in [7, 11) is -1.60. The Kier molecular flexibility index (Phi) is 5.19. The second kappa shape index (κ2) is 7.06. The lowest BCUT2D eigenvalue weighted by Gasteiger charge is -2.22. The van der Waals surface area contributed by atoms with E-state index in [1.165, 1.54) is 10.6 Å². The molecular formula is C16H22N4O3S2. The third kappa shape index (κ3) is 3.89. The van der Waals surface area contributed by atoms with Crippen molar-refractivity contribution in [2.75, 3.05) is 19.9 Å². The summed E-state index contributed by atoms with van der Waals surface area (Å²) in [6.07, 6.45) is 2.86. The molecule has 3 heterocycles. The summed E-state index contributed by atoms with van der Waals surface area (Å²) in [4.78, 5) is 14.7. The molecule has 0 radical (unpaired) electrons. The van der Waals surface area contributed by atoms with Gasteiger partial charge in [0, 0.05) is 13.7 Å². The Morgan fingerprint density at radius 1 is 1.32 bits per heavy atom. The summed E-state index contributed by atoms with van der Waals surface area (Å²) >= 11 is 1.55. The molecule has 1 aliphatic heterocycles. The van der Waals surface area contributed by atoms with Crippen molar-refractivity contribution < 1.29 is 13.2 Å². The predicted octanol–water partition coefficient (Wildman–Crippen LogP) is 2.46. The molecule has 1 fully saturated rings. The summed E-state index contributed by atoms with van der Waals surface area (Å²) in [5.74, 6) is 0.619. The number of hydrogen-bond donors (Lipinski definition) is 0. The van der Waals surface area contributed by atoms with Crippen molar-refractivity contribution >= 4 is 21.4 Å². The number of methoxy groups -OCH3 is 1. The summed E-state index contributed by atoms with van der Waals surface area (Å²) < 4.78 is 30.8. The normalized spacial score (nSPS) is 18.8. The van der Waals surface area contributed by atoms with Gasteiger partial charge in [0.15, 0.2) is 0 Å². The summed E-state index contributed by atoms with van der Waals surface area (Å²) in [6.45, 7) is 4.83. The van der Waals surface area contributed by atoms with E-state index in [1.54, 1.807) is 18.4 Å². The number of aryl methyl sites for hydroxylation is 2. The van der Waals surface area contributed by atoms with Gasteiger partial charge < -0.3 is 4.74 Å². The number of ether oxygens (including phenoxy) is 1. The molecule has 3 rings (SSSR count). The molecule has 136 valence electrons. The fourth-order valence-corrected chi connectivity index (χ4v) is 5.24. The number of rotatable bonds is 5. The number of sulfonamides is 1. The van der Waals surface area contributed by atoms with Gasteiger partial charge in [-0.2, -0.15) is 4.31 Å². The molecule has 1 aliphatic rings. The van der Waals surface area contributed by atoms with E-state index in [0.29, 0.717) is 19.0 Å². The second-order valence-electron chi connectivity index (χ2n) is 6.22. The number of nitrogens with zero attached hydrogens (tertiary/aromatic N) is 4. The lowest BCUT2D eigenvalue weighted by Crippen LogP contribution is -2.30. The first-order chi connectivity index (χ1) is 11.8. The van der Waals surface area contributed by atoms with E-state index in [1.807, 2.05) is 19.9 Å². The number of hydrogen-bond acceptors (Lipinski definition) is 7. The van der Waals surface area contributed by atoms with E-state index in [4.69, 9.17) is 4.74 Å². The van der Waals surface area contributed by atoms with Gasteiger partial charge in [-0.05, 0) is 32.8 Å². The highest BCUT2D eigenvalue weighted by atomic mass is 32.2. The van der Waals surface area contributed by atoms with Crippen molar-refractivity contribution in [1.82, 2.24) is 19.3 Å². The minimum Gasteiger partial charge on any atom is -0.379 e. The summed E-state index contributed by atoms with van der Waals surface area (Å²) in [5, 5.41) is 0.806. The van der Waals surface area contributed by atoms with Gasteiger partial charge in [-0.15, -0.1) is 11.3 Å². The van der Waals surface area contributed by atoms with Crippen molar-refractivity contribution in [2.45, 2.75) is 39.3 Å². The van der Waals surface area contributed by atoms with Crippen LogP contribution >= 0.6 is 11.3 Å². The lowest BCUT2D eigenvalue weighted by molar-refractivity contribution is 0.187. The van der Waals surface area contributed by atoms with Gasteiger partial charge in [0.25, 0.3) is 0 Å². The van der Waals surface area contributed by atoms with Gasteiger partial charge in [-0.1, -0.05) is 0 Å². The molecule has 0 amide bonds. The second-order valence-corrected chi connectivity index (χ2v) is 9.24. The molecule has 0 spiro atoms. The predicted molar refractivity (Wildman–Crippen MR) is 96.9 cm³/mol. The van der Waals surface area contributed by atoms with Crippen LogP contribution in [0.15, 0.2) is 6.07 Å². The van der Waals surface area contributed by atoms with E-state index in [0.717, 1.165) is 39.8 Å². The van der Waals surface area contributed by atoms with Gasteiger partial charge in [-0.25, -0.2) is 23.4 Å². The molecule has 0 bridgehead atoms. The van der Waals surface area contributed by atoms with Gasteiger partial charge in [0.1, 0.15) is 16.5 Å². The Bertz CT molecular complexity index is 880. The van der Waals surface area contributed by atoms with E-state index < -0.39 is 10.0 Å². The highest BCUT2D eigenvalue weighted by Crippen LogP contribution is 2.35. The van der Waals surface area contributed by atoms with E-state index in [9.17, 15) is 8.42 Å². The third-order valence-corrected chi connectivity index (χ3v) is 6.66. The van der Waals surface area contributed by atoms with E-state index in [-0.39, 0.29) is 6.04 Å². The van der Waals surface area contributed by atoms with Crippen molar-refractivity contribution in [3.05, 3.63) is 28.2 Å². The fraction of sp³-hybridized carbons (Fsp3) is 0.562. The molecule has 0 saturated carbocycles. The smallest absolute Gasteiger partial charge is 0.211 e. The first kappa shape index (κ1) is 18.4. The van der Waals surface area contributed by atoms with Crippen LogP contribution in [0.2, 0.25) is 0 Å². The maximum absolute atomic E-state index is 12.0. The first-order valence-corrected chi connectivity index (χ1v) is 10.7. The first-order valence-electron chi connectivity index (χ1n) is 8.07. The van der Waals surface area contributed by atoms with Crippen molar-refractivity contribution in [2.24, 2.45) is 0 Å². The molecule has 9 heteroatoms. The molecule has 0 N–H and O–H groups in total. The molecule has 0 aromatic carbocycles. The Hall–Kier alpha value is -1.42. The Labute approximate surface area is 152 Å². The molecule has 1 saturated heterocycles. The Morgan fingerprint density at radius 2 is 2.08 bits per heavy atom. The third-order valence-electron chi connectivity index (χ3n) is 4.22. The quantitative estimate of drug-likeness (QED) is 0.790. The van der Waals surface area contributed by atoms with Crippen molar-refractivity contribution in [3.8, 4) is 10.7 Å². The van der Waals surface area contributed by atoms with E-state index in [2.05, 4.69) is 15.0 Å². The number of aromatic nitrogens is 3. The van der Waals surface area contributed by atoms with Gasteiger partial charge >= 0.3 is 0 Å². The van der Waals surface area contributed by atoms with Crippen LogP contribution in [0, 0.1) is 13.8 Å². The molecule has 1 atom stereocenters. The summed E-state index contributed by atoms with van der Waals surface area (Å²) in [6, 6.07) is 1.64. The molecule has 2 aromatic rings. The Morgan fingerprint density at radius 3 is 2.76 bits per heavy atom. The van der Waals surface area contributed by atoms with Crippen LogP contribution in [0.5, 0.6) is 0 Å². The molecular weight excluding hydrogens is 360 g/mol. The zero-order chi connectivity index (χ0) is 18.2. The molecule has 0 aliphatic carbocycles. The van der Waals surface area contributed by atoms with Gasteiger partial charge in [0.2, 0.25) is 10.0 Å². The minimum absolute atomic E-state index is 0.227. The fourth-order valence-electron chi connectivity index (χ4n) is 3.11. The number of thiazole rings is 1. The maximum Gasteiger partial charge on any atom is 0.211 e. The zero-order valence-electron chi connectivity index (χ0n) is 14.8. The van der Waals surface area contributed by atoms with Crippen LogP contribution in [0.4, 0.5) is 0 Å². The van der Waals surface area contributed by atoms with Gasteiger partial charge in [-0.3, -0.25) is 0 Å². The monoisotopic (exact) mass is 382 g/mol. The van der Waals surface area contributed by atoms with Crippen LogP contribution in [0.3, 0.4) is 0 Å². The SMILES string of the molecule is COCc1sc(-c2cc([C@H]3CCCN3S(C)(=O)=O)nc(C)n2)nc1C. The van der Waals surface area contributed by atoms with Crippen LogP contribution in [-0.2, 0) is 21.4 Å². The highest BCUT2D eigenvalue weighted by Gasteiger charge is 2.34. The average molecular weight is 383 g/mol. The van der Waals surface area contributed by atoms with Crippen LogP contribution in [-0.4, -0.2) is 47.6 Å². The highest BCUT2D eigenvalue weighted by molar-refractivity contribution is 7.88. The average Bonchev–Trinajstić information content (AvgIpc) is 3.14. The molecule has 25 heavy (non-hydrogen) atoms. The maximum atomic E-state index is 12.0. The van der Waals surface area contributed by atoms with Crippen LogP contribution in [0.1, 0.15) is 41.0 Å². The molecule has 7 nitrogen and oxygen atoms in total. The lowest BCUT2D eigenvalue weighted by atomic mass is 10.1. The van der Waals surface area contributed by atoms with Crippen molar-refractivity contribution in [1.29, 1.82) is 0 Å². The van der Waals surface area contributed by atoms with Crippen LogP contribution in [0.25, 0.3) is 10.7 Å². The molecule has 0 unspecified atom stereocenters. The molecule has 2 aromatic heterocycles. The minimum atomic E-state index is -3.26. The van der Waals surface area contributed by atoms with E-state index >= 15 is 0 Å².